The molecule has 2 aliphatic heterocycles. The molecule has 1 aromatic rings. The summed E-state index contributed by atoms with van der Waals surface area (Å²) in [6.07, 6.45) is 7.45. The Balaban J connectivity index is 1.38. The van der Waals surface area contributed by atoms with Crippen LogP contribution in [0.15, 0.2) is 24.5 Å². The molecule has 150 valence electrons. The van der Waals surface area contributed by atoms with Crippen molar-refractivity contribution in [3.05, 3.63) is 24.5 Å². The van der Waals surface area contributed by atoms with E-state index < -0.39 is 17.8 Å². The van der Waals surface area contributed by atoms with Gasteiger partial charge in [0.25, 0.3) is 0 Å². The van der Waals surface area contributed by atoms with Crippen LogP contribution in [0.4, 0.5) is 10.5 Å². The maximum atomic E-state index is 12.9. The molecule has 0 unspecified atom stereocenters. The number of aromatic nitrogens is 1. The summed E-state index contributed by atoms with van der Waals surface area (Å²) >= 11 is 0. The van der Waals surface area contributed by atoms with E-state index in [4.69, 9.17) is 0 Å². The van der Waals surface area contributed by atoms with Crippen molar-refractivity contribution < 1.29 is 14.4 Å². The van der Waals surface area contributed by atoms with Crippen molar-refractivity contribution in [2.24, 2.45) is 5.92 Å². The predicted octanol–water partition coefficient (Wildman–Crippen LogP) is 1.53. The molecular formula is C20H27N5O3. The highest BCUT2D eigenvalue weighted by molar-refractivity contribution is 6.44. The summed E-state index contributed by atoms with van der Waals surface area (Å²) < 4.78 is 0. The van der Waals surface area contributed by atoms with Crippen molar-refractivity contribution in [2.45, 2.75) is 38.6 Å². The molecule has 8 heteroatoms. The highest BCUT2D eigenvalue weighted by Crippen LogP contribution is 2.31. The van der Waals surface area contributed by atoms with Crippen LogP contribution in [0.2, 0.25) is 0 Å². The van der Waals surface area contributed by atoms with Gasteiger partial charge < -0.3 is 4.90 Å². The fraction of sp³-hybridized carbons (Fsp3) is 0.600. The lowest BCUT2D eigenvalue weighted by Crippen LogP contribution is -2.52. The third kappa shape index (κ3) is 3.48. The normalized spacial score (nSPS) is 27.0. The van der Waals surface area contributed by atoms with Gasteiger partial charge in [0.05, 0.1) is 6.67 Å². The predicted molar refractivity (Wildman–Crippen MR) is 103 cm³/mol. The van der Waals surface area contributed by atoms with Crippen molar-refractivity contribution in [3.8, 4) is 0 Å². The maximum absolute atomic E-state index is 12.9. The Morgan fingerprint density at radius 1 is 0.964 bits per heavy atom. The van der Waals surface area contributed by atoms with E-state index in [1.165, 1.54) is 4.90 Å². The first-order chi connectivity index (χ1) is 13.6. The summed E-state index contributed by atoms with van der Waals surface area (Å²) in [5.74, 6) is -1.09. The second-order valence-corrected chi connectivity index (χ2v) is 7.97. The number of imide groups is 2. The Morgan fingerprint density at radius 2 is 1.64 bits per heavy atom. The molecule has 3 aliphatic rings. The Kier molecular flexibility index (Phi) is 5.30. The summed E-state index contributed by atoms with van der Waals surface area (Å²) in [5.41, 5.74) is 1.12. The second kappa shape index (κ2) is 7.87. The van der Waals surface area contributed by atoms with E-state index in [2.05, 4.69) is 21.7 Å². The highest BCUT2D eigenvalue weighted by Gasteiger charge is 2.49. The molecule has 0 spiro atoms. The minimum Gasteiger partial charge on any atom is -0.369 e. The quantitative estimate of drug-likeness (QED) is 0.578. The van der Waals surface area contributed by atoms with Crippen molar-refractivity contribution >= 4 is 23.5 Å². The minimum atomic E-state index is -0.681. The van der Waals surface area contributed by atoms with Crippen molar-refractivity contribution in [2.75, 3.05) is 37.7 Å². The first-order valence-corrected chi connectivity index (χ1v) is 10.1. The lowest BCUT2D eigenvalue weighted by molar-refractivity contribution is -0.145. The van der Waals surface area contributed by atoms with E-state index in [-0.39, 0.29) is 18.6 Å². The van der Waals surface area contributed by atoms with Gasteiger partial charge >= 0.3 is 17.8 Å². The number of carbonyl (C=O) groups excluding carboxylic acids is 3. The van der Waals surface area contributed by atoms with Gasteiger partial charge in [0.1, 0.15) is 0 Å². The van der Waals surface area contributed by atoms with Gasteiger partial charge in [-0.3, -0.25) is 24.4 Å². The van der Waals surface area contributed by atoms with E-state index in [1.807, 2.05) is 12.1 Å². The largest absolute Gasteiger partial charge is 0.369 e. The number of nitrogens with zero attached hydrogens (tertiary/aromatic N) is 5. The number of pyridine rings is 1. The van der Waals surface area contributed by atoms with Crippen molar-refractivity contribution in [3.63, 3.8) is 0 Å². The van der Waals surface area contributed by atoms with Crippen molar-refractivity contribution in [1.82, 2.24) is 19.7 Å². The Labute approximate surface area is 165 Å². The first-order valence-electron chi connectivity index (χ1n) is 10.1. The van der Waals surface area contributed by atoms with E-state index in [1.54, 1.807) is 12.4 Å². The van der Waals surface area contributed by atoms with Crippen LogP contribution in [-0.4, -0.2) is 76.4 Å². The zero-order chi connectivity index (χ0) is 19.7. The first kappa shape index (κ1) is 18.9. The molecule has 0 aromatic carbocycles. The molecule has 1 aromatic heterocycles. The molecule has 3 heterocycles. The summed E-state index contributed by atoms with van der Waals surface area (Å²) in [6, 6.07) is 3.37. The summed E-state index contributed by atoms with van der Waals surface area (Å²) in [4.78, 5) is 48.7. The van der Waals surface area contributed by atoms with Gasteiger partial charge in [0.2, 0.25) is 0 Å². The molecule has 2 saturated heterocycles. The fourth-order valence-corrected chi connectivity index (χ4v) is 4.52. The zero-order valence-corrected chi connectivity index (χ0v) is 16.3. The number of amides is 4. The minimum absolute atomic E-state index is 0.147. The lowest BCUT2D eigenvalue weighted by Gasteiger charge is -2.37. The summed E-state index contributed by atoms with van der Waals surface area (Å²) in [5, 5.41) is 0. The number of hydrogen-bond donors (Lipinski definition) is 0. The van der Waals surface area contributed by atoms with Crippen LogP contribution in [0.1, 0.15) is 32.6 Å². The van der Waals surface area contributed by atoms with Gasteiger partial charge in [0, 0.05) is 50.3 Å². The molecule has 1 aliphatic carbocycles. The van der Waals surface area contributed by atoms with Gasteiger partial charge in [-0.05, 0) is 30.9 Å². The fourth-order valence-electron chi connectivity index (χ4n) is 4.52. The monoisotopic (exact) mass is 385 g/mol. The molecule has 0 bridgehead atoms. The molecule has 4 rings (SSSR count). The molecule has 28 heavy (non-hydrogen) atoms. The summed E-state index contributed by atoms with van der Waals surface area (Å²) in [6.45, 7) is 5.32. The topological polar surface area (TPSA) is 77.1 Å². The number of anilines is 1. The number of carbonyl (C=O) groups is 3. The van der Waals surface area contributed by atoms with Gasteiger partial charge in [-0.25, -0.2) is 9.69 Å². The molecular weight excluding hydrogens is 358 g/mol. The third-order valence-electron chi connectivity index (χ3n) is 6.22. The molecule has 8 nitrogen and oxygen atoms in total. The van der Waals surface area contributed by atoms with Gasteiger partial charge in [-0.1, -0.05) is 19.8 Å². The van der Waals surface area contributed by atoms with E-state index in [0.717, 1.165) is 62.4 Å². The standard InChI is InChI=1S/C20H27N5O3/c1-15-4-2-3-5-17(15)25-19(27)18(26)24(20(25)28)14-22-10-12-23(13-11-22)16-6-8-21-9-7-16/h6-9,15,17H,2-5,10-14H2,1H3/t15-,17+/m1/s1. The molecule has 0 radical (unpaired) electrons. The Hall–Kier alpha value is -2.48. The zero-order valence-electron chi connectivity index (χ0n) is 16.3. The van der Waals surface area contributed by atoms with Crippen molar-refractivity contribution in [1.29, 1.82) is 0 Å². The number of urea groups is 1. The Morgan fingerprint density at radius 3 is 2.32 bits per heavy atom. The number of piperazine rings is 1. The van der Waals surface area contributed by atoms with Gasteiger partial charge in [0.15, 0.2) is 0 Å². The lowest BCUT2D eigenvalue weighted by atomic mass is 9.85. The van der Waals surface area contributed by atoms with E-state index in [9.17, 15) is 14.4 Å². The molecule has 0 N–H and O–H groups in total. The van der Waals surface area contributed by atoms with Crippen LogP contribution in [0.25, 0.3) is 0 Å². The van der Waals surface area contributed by atoms with Crippen LogP contribution < -0.4 is 4.90 Å². The van der Waals surface area contributed by atoms with Gasteiger partial charge in [-0.15, -0.1) is 0 Å². The number of rotatable bonds is 4. The SMILES string of the molecule is C[C@@H]1CCCC[C@@H]1N1C(=O)C(=O)N(CN2CCN(c3ccncc3)CC2)C1=O. The van der Waals surface area contributed by atoms with E-state index in [0.29, 0.717) is 0 Å². The molecule has 3 fully saturated rings. The third-order valence-corrected chi connectivity index (χ3v) is 6.22. The average Bonchev–Trinajstić information content (AvgIpc) is 2.93. The molecule has 4 amide bonds. The molecule has 2 atom stereocenters. The highest BCUT2D eigenvalue weighted by atomic mass is 16.2. The van der Waals surface area contributed by atoms with Gasteiger partial charge in [-0.2, -0.15) is 0 Å². The van der Waals surface area contributed by atoms with Crippen LogP contribution >= 0.6 is 0 Å². The average molecular weight is 385 g/mol. The maximum Gasteiger partial charge on any atom is 0.335 e. The van der Waals surface area contributed by atoms with E-state index >= 15 is 0 Å². The van der Waals surface area contributed by atoms with Crippen LogP contribution in [0.5, 0.6) is 0 Å². The number of hydrogen-bond acceptors (Lipinski definition) is 6. The second-order valence-electron chi connectivity index (χ2n) is 7.97. The smallest absolute Gasteiger partial charge is 0.335 e. The van der Waals surface area contributed by atoms with Crippen LogP contribution in [0, 0.1) is 5.92 Å². The van der Waals surface area contributed by atoms with Crippen LogP contribution in [-0.2, 0) is 9.59 Å². The Bertz CT molecular complexity index is 747. The van der Waals surface area contributed by atoms with Crippen LogP contribution in [0.3, 0.4) is 0 Å². The molecule has 1 saturated carbocycles. The summed E-state index contributed by atoms with van der Waals surface area (Å²) in [7, 11) is 0.